The molecule has 0 unspecified atom stereocenters. The molecule has 0 spiro atoms. The van der Waals surface area contributed by atoms with Gasteiger partial charge < -0.3 is 4.74 Å². The van der Waals surface area contributed by atoms with Crippen molar-refractivity contribution in [3.05, 3.63) is 45.4 Å². The number of benzene rings is 1. The molecule has 0 aliphatic heterocycles. The van der Waals surface area contributed by atoms with Crippen LogP contribution in [-0.4, -0.2) is 11.6 Å². The predicted molar refractivity (Wildman–Crippen MR) is 76.9 cm³/mol. The summed E-state index contributed by atoms with van der Waals surface area (Å²) in [4.78, 5) is 4.40. The van der Waals surface area contributed by atoms with E-state index < -0.39 is 0 Å². The minimum atomic E-state index is 0.479. The van der Waals surface area contributed by atoms with Gasteiger partial charge in [0.05, 0.1) is 28.2 Å². The van der Waals surface area contributed by atoms with E-state index in [1.54, 1.807) is 11.3 Å². The fraction of sp³-hybridized carbons (Fsp3) is 0.308. The van der Waals surface area contributed by atoms with E-state index in [9.17, 15) is 0 Å². The molecule has 0 N–H and O–H groups in total. The summed E-state index contributed by atoms with van der Waals surface area (Å²) in [5.41, 5.74) is 0.948. The summed E-state index contributed by atoms with van der Waals surface area (Å²) in [6, 6.07) is 7.50. The van der Waals surface area contributed by atoms with Crippen LogP contribution in [0.25, 0.3) is 0 Å². The monoisotopic (exact) mass is 301 g/mol. The van der Waals surface area contributed by atoms with E-state index in [2.05, 4.69) is 4.98 Å². The first-order valence-corrected chi connectivity index (χ1v) is 7.45. The molecule has 18 heavy (non-hydrogen) atoms. The van der Waals surface area contributed by atoms with Crippen LogP contribution in [0.5, 0.6) is 5.75 Å². The largest absolute Gasteiger partial charge is 0.492 e. The molecule has 0 aliphatic carbocycles. The number of thiazole rings is 1. The summed E-state index contributed by atoms with van der Waals surface area (Å²) in [6.45, 7) is 0.638. The van der Waals surface area contributed by atoms with Gasteiger partial charge in [-0.15, -0.1) is 22.9 Å². The summed E-state index contributed by atoms with van der Waals surface area (Å²) in [5.74, 6) is 1.21. The van der Waals surface area contributed by atoms with Crippen LogP contribution < -0.4 is 4.74 Å². The number of aromatic nitrogens is 1. The van der Waals surface area contributed by atoms with E-state index in [-0.39, 0.29) is 0 Å². The highest BCUT2D eigenvalue weighted by Gasteiger charge is 2.02. The Morgan fingerprint density at radius 3 is 2.83 bits per heavy atom. The first-order valence-electron chi connectivity index (χ1n) is 5.66. The van der Waals surface area contributed by atoms with Gasteiger partial charge in [-0.3, -0.25) is 0 Å². The van der Waals surface area contributed by atoms with Crippen LogP contribution in [0, 0.1) is 0 Å². The van der Waals surface area contributed by atoms with Crippen LogP contribution in [0.2, 0.25) is 5.02 Å². The van der Waals surface area contributed by atoms with E-state index >= 15 is 0 Å². The number of aryl methyl sites for hydroxylation is 1. The molecule has 96 valence electrons. The van der Waals surface area contributed by atoms with Gasteiger partial charge in [0.1, 0.15) is 5.75 Å². The van der Waals surface area contributed by atoms with Gasteiger partial charge in [-0.25, -0.2) is 4.98 Å². The van der Waals surface area contributed by atoms with E-state index in [0.717, 1.165) is 29.3 Å². The second-order valence-electron chi connectivity index (χ2n) is 3.75. The minimum Gasteiger partial charge on any atom is -0.492 e. The van der Waals surface area contributed by atoms with Crippen molar-refractivity contribution in [2.75, 3.05) is 6.61 Å². The van der Waals surface area contributed by atoms with Gasteiger partial charge in [-0.05, 0) is 18.6 Å². The lowest BCUT2D eigenvalue weighted by Gasteiger charge is -2.06. The van der Waals surface area contributed by atoms with Crippen molar-refractivity contribution < 1.29 is 4.74 Å². The van der Waals surface area contributed by atoms with Crippen LogP contribution >= 0.6 is 34.5 Å². The van der Waals surface area contributed by atoms with Gasteiger partial charge in [-0.1, -0.05) is 23.7 Å². The number of halogens is 2. The first kappa shape index (κ1) is 13.7. The molecular formula is C13H13Cl2NOS. The minimum absolute atomic E-state index is 0.479. The zero-order valence-electron chi connectivity index (χ0n) is 9.73. The molecule has 0 bridgehead atoms. The lowest BCUT2D eigenvalue weighted by molar-refractivity contribution is 0.311. The molecule has 5 heteroatoms. The number of rotatable bonds is 6. The molecule has 2 aromatic rings. The molecule has 1 aromatic carbocycles. The maximum absolute atomic E-state index is 5.99. The smallest absolute Gasteiger partial charge is 0.137 e. The second-order valence-corrected chi connectivity index (χ2v) is 5.37. The van der Waals surface area contributed by atoms with Gasteiger partial charge in [0, 0.05) is 11.8 Å². The predicted octanol–water partition coefficient (Wildman–Crippen LogP) is 4.55. The van der Waals surface area contributed by atoms with Crippen molar-refractivity contribution in [3.63, 3.8) is 0 Å². The molecule has 0 saturated carbocycles. The third-order valence-corrected chi connectivity index (χ3v) is 3.91. The van der Waals surface area contributed by atoms with Crippen molar-refractivity contribution in [2.45, 2.75) is 18.7 Å². The summed E-state index contributed by atoms with van der Waals surface area (Å²) in [6.07, 6.45) is 1.83. The Kier molecular flexibility index (Phi) is 5.29. The summed E-state index contributed by atoms with van der Waals surface area (Å²) in [5, 5.41) is 3.75. The Labute approximate surface area is 121 Å². The average Bonchev–Trinajstić information content (AvgIpc) is 2.84. The zero-order valence-corrected chi connectivity index (χ0v) is 12.1. The Morgan fingerprint density at radius 2 is 2.11 bits per heavy atom. The topological polar surface area (TPSA) is 22.1 Å². The van der Waals surface area contributed by atoms with Crippen LogP contribution in [0.4, 0.5) is 0 Å². The SMILES string of the molecule is ClCc1csc(CCCOc2ccccc2Cl)n1. The number of hydrogen-bond donors (Lipinski definition) is 0. The van der Waals surface area contributed by atoms with Crippen molar-refractivity contribution in [1.82, 2.24) is 4.98 Å². The van der Waals surface area contributed by atoms with Gasteiger partial charge in [-0.2, -0.15) is 0 Å². The lowest BCUT2D eigenvalue weighted by atomic mass is 10.3. The standard InChI is InChI=1S/C13H13Cl2NOS/c14-8-10-9-18-13(16-10)6-3-7-17-12-5-2-1-4-11(12)15/h1-2,4-5,9H,3,6-8H2. The van der Waals surface area contributed by atoms with Crippen molar-refractivity contribution in [2.24, 2.45) is 0 Å². The summed E-state index contributed by atoms with van der Waals surface area (Å²) in [7, 11) is 0. The molecule has 0 amide bonds. The zero-order chi connectivity index (χ0) is 12.8. The molecule has 2 rings (SSSR count). The van der Waals surface area contributed by atoms with E-state index in [1.807, 2.05) is 29.6 Å². The molecule has 0 fully saturated rings. The van der Waals surface area contributed by atoms with Crippen LogP contribution in [0.3, 0.4) is 0 Å². The Morgan fingerprint density at radius 1 is 1.28 bits per heavy atom. The van der Waals surface area contributed by atoms with Gasteiger partial charge in [0.15, 0.2) is 0 Å². The highest BCUT2D eigenvalue weighted by Crippen LogP contribution is 2.23. The molecule has 0 radical (unpaired) electrons. The number of alkyl halides is 1. The van der Waals surface area contributed by atoms with Crippen LogP contribution in [0.15, 0.2) is 29.6 Å². The van der Waals surface area contributed by atoms with Crippen molar-refractivity contribution >= 4 is 34.5 Å². The van der Waals surface area contributed by atoms with Gasteiger partial charge in [0.2, 0.25) is 0 Å². The lowest BCUT2D eigenvalue weighted by Crippen LogP contribution is -1.99. The number of para-hydroxylation sites is 1. The van der Waals surface area contributed by atoms with Crippen LogP contribution in [0.1, 0.15) is 17.1 Å². The quantitative estimate of drug-likeness (QED) is 0.577. The fourth-order valence-corrected chi connectivity index (χ4v) is 2.75. The molecule has 0 aliphatic rings. The van der Waals surface area contributed by atoms with Crippen molar-refractivity contribution in [3.8, 4) is 5.75 Å². The highest BCUT2D eigenvalue weighted by atomic mass is 35.5. The highest BCUT2D eigenvalue weighted by molar-refractivity contribution is 7.09. The number of hydrogen-bond acceptors (Lipinski definition) is 3. The Bertz CT molecular complexity index is 501. The number of nitrogens with zero attached hydrogens (tertiary/aromatic N) is 1. The third kappa shape index (κ3) is 3.87. The average molecular weight is 302 g/mol. The van der Waals surface area contributed by atoms with E-state index in [4.69, 9.17) is 27.9 Å². The van der Waals surface area contributed by atoms with Gasteiger partial charge >= 0.3 is 0 Å². The molecule has 0 saturated heterocycles. The van der Waals surface area contributed by atoms with E-state index in [1.165, 1.54) is 0 Å². The fourth-order valence-electron chi connectivity index (χ4n) is 1.49. The first-order chi connectivity index (χ1) is 8.79. The van der Waals surface area contributed by atoms with Gasteiger partial charge in [0.25, 0.3) is 0 Å². The molecular weight excluding hydrogens is 289 g/mol. The molecule has 0 atom stereocenters. The second kappa shape index (κ2) is 6.98. The summed E-state index contributed by atoms with van der Waals surface area (Å²) >= 11 is 13.3. The normalized spacial score (nSPS) is 10.6. The molecule has 2 nitrogen and oxygen atoms in total. The number of ether oxygens (including phenoxy) is 1. The van der Waals surface area contributed by atoms with E-state index in [0.29, 0.717) is 17.5 Å². The van der Waals surface area contributed by atoms with Crippen LogP contribution in [-0.2, 0) is 12.3 Å². The third-order valence-electron chi connectivity index (χ3n) is 2.37. The molecule has 1 aromatic heterocycles. The summed E-state index contributed by atoms with van der Waals surface area (Å²) < 4.78 is 5.61. The Hall–Kier alpha value is -0.770. The Balaban J connectivity index is 1.74. The molecule has 1 heterocycles. The van der Waals surface area contributed by atoms with Crippen molar-refractivity contribution in [1.29, 1.82) is 0 Å². The maximum Gasteiger partial charge on any atom is 0.137 e. The maximum atomic E-state index is 5.99.